The monoisotopic (exact) mass is 262 g/mol. The molecule has 0 amide bonds. The van der Waals surface area contributed by atoms with Crippen molar-refractivity contribution in [2.75, 3.05) is 20.8 Å². The van der Waals surface area contributed by atoms with Gasteiger partial charge in [0, 0.05) is 11.5 Å². The summed E-state index contributed by atoms with van der Waals surface area (Å²) in [6.07, 6.45) is 0.664. The second kappa shape index (κ2) is 7.07. The van der Waals surface area contributed by atoms with Gasteiger partial charge in [-0.1, -0.05) is 5.92 Å². The number of ether oxygens (including phenoxy) is 3. The molecule has 0 spiro atoms. The molecule has 1 rings (SSSR count). The van der Waals surface area contributed by atoms with E-state index in [1.807, 2.05) is 0 Å². The standard InChI is InChI=1S/C14H14O5/c1-4-19-13(16)6-5-11-7-10(9-15)8-12(17-2)14(11)18-3/h7-9H,4H2,1-3H3. The van der Waals surface area contributed by atoms with E-state index in [2.05, 4.69) is 11.8 Å². The van der Waals surface area contributed by atoms with Crippen LogP contribution in [0, 0.1) is 11.8 Å². The van der Waals surface area contributed by atoms with Gasteiger partial charge in [0.25, 0.3) is 0 Å². The van der Waals surface area contributed by atoms with Gasteiger partial charge in [-0.15, -0.1) is 0 Å². The summed E-state index contributed by atoms with van der Waals surface area (Å²) < 4.78 is 15.0. The van der Waals surface area contributed by atoms with E-state index in [0.29, 0.717) is 28.9 Å². The molecule has 1 aromatic carbocycles. The number of aldehydes is 1. The van der Waals surface area contributed by atoms with Crippen LogP contribution in [-0.2, 0) is 9.53 Å². The molecule has 0 bridgehead atoms. The van der Waals surface area contributed by atoms with Crippen molar-refractivity contribution >= 4 is 12.3 Å². The van der Waals surface area contributed by atoms with Gasteiger partial charge in [-0.3, -0.25) is 4.79 Å². The molecule has 0 heterocycles. The Hall–Kier alpha value is -2.48. The second-order valence-corrected chi connectivity index (χ2v) is 3.39. The molecular weight excluding hydrogens is 248 g/mol. The number of benzene rings is 1. The molecule has 0 radical (unpaired) electrons. The van der Waals surface area contributed by atoms with Crippen LogP contribution in [0.5, 0.6) is 11.5 Å². The normalized spacial score (nSPS) is 9.00. The highest BCUT2D eigenvalue weighted by atomic mass is 16.5. The van der Waals surface area contributed by atoms with Crippen molar-refractivity contribution in [3.63, 3.8) is 0 Å². The molecule has 0 aliphatic carbocycles. The third kappa shape index (κ3) is 3.75. The van der Waals surface area contributed by atoms with Crippen molar-refractivity contribution in [2.24, 2.45) is 0 Å². The predicted octanol–water partition coefficient (Wildman–Crippen LogP) is 1.43. The summed E-state index contributed by atoms with van der Waals surface area (Å²) in [5, 5.41) is 0. The maximum atomic E-state index is 11.2. The minimum absolute atomic E-state index is 0.252. The van der Waals surface area contributed by atoms with Crippen molar-refractivity contribution in [1.82, 2.24) is 0 Å². The number of methoxy groups -OCH3 is 2. The Morgan fingerprint density at radius 3 is 2.58 bits per heavy atom. The van der Waals surface area contributed by atoms with Crippen LogP contribution >= 0.6 is 0 Å². The van der Waals surface area contributed by atoms with Crippen molar-refractivity contribution < 1.29 is 23.8 Å². The Morgan fingerprint density at radius 1 is 1.32 bits per heavy atom. The van der Waals surface area contributed by atoms with Crippen LogP contribution in [0.3, 0.4) is 0 Å². The number of carbonyl (C=O) groups excluding carboxylic acids is 2. The fourth-order valence-corrected chi connectivity index (χ4v) is 1.43. The summed E-state index contributed by atoms with van der Waals surface area (Å²) >= 11 is 0. The highest BCUT2D eigenvalue weighted by Gasteiger charge is 2.11. The van der Waals surface area contributed by atoms with E-state index in [0.717, 1.165) is 0 Å². The second-order valence-electron chi connectivity index (χ2n) is 3.39. The Morgan fingerprint density at radius 2 is 2.05 bits per heavy atom. The fraction of sp³-hybridized carbons (Fsp3) is 0.286. The van der Waals surface area contributed by atoms with Gasteiger partial charge in [0.1, 0.15) is 6.29 Å². The first-order valence-corrected chi connectivity index (χ1v) is 5.56. The Bertz CT molecular complexity index is 537. The van der Waals surface area contributed by atoms with Gasteiger partial charge in [-0.2, -0.15) is 0 Å². The van der Waals surface area contributed by atoms with Gasteiger partial charge < -0.3 is 14.2 Å². The van der Waals surface area contributed by atoms with Crippen LogP contribution in [0.2, 0.25) is 0 Å². The highest BCUT2D eigenvalue weighted by molar-refractivity contribution is 5.89. The first kappa shape index (κ1) is 14.6. The van der Waals surface area contributed by atoms with Gasteiger partial charge in [0.05, 0.1) is 26.4 Å². The van der Waals surface area contributed by atoms with Crippen LogP contribution in [0.25, 0.3) is 0 Å². The van der Waals surface area contributed by atoms with Gasteiger partial charge in [-0.25, -0.2) is 4.79 Å². The van der Waals surface area contributed by atoms with E-state index < -0.39 is 5.97 Å². The van der Waals surface area contributed by atoms with E-state index in [9.17, 15) is 9.59 Å². The van der Waals surface area contributed by atoms with E-state index >= 15 is 0 Å². The Kier molecular flexibility index (Phi) is 5.42. The molecule has 5 heteroatoms. The summed E-state index contributed by atoms with van der Waals surface area (Å²) in [7, 11) is 2.91. The van der Waals surface area contributed by atoms with E-state index in [1.165, 1.54) is 26.4 Å². The van der Waals surface area contributed by atoms with Gasteiger partial charge in [0.15, 0.2) is 11.5 Å². The number of hydrogen-bond acceptors (Lipinski definition) is 5. The quantitative estimate of drug-likeness (QED) is 0.466. The predicted molar refractivity (Wildman–Crippen MR) is 68.4 cm³/mol. The van der Waals surface area contributed by atoms with E-state index in [4.69, 9.17) is 14.2 Å². The molecule has 5 nitrogen and oxygen atoms in total. The van der Waals surface area contributed by atoms with Crippen LogP contribution in [-0.4, -0.2) is 33.1 Å². The molecule has 0 N–H and O–H groups in total. The molecule has 0 unspecified atom stereocenters. The number of rotatable bonds is 4. The number of carbonyl (C=O) groups is 2. The maximum Gasteiger partial charge on any atom is 0.384 e. The topological polar surface area (TPSA) is 61.8 Å². The third-order valence-electron chi connectivity index (χ3n) is 2.21. The minimum Gasteiger partial charge on any atom is -0.493 e. The third-order valence-corrected chi connectivity index (χ3v) is 2.21. The molecule has 0 aromatic heterocycles. The first-order chi connectivity index (χ1) is 9.15. The molecular formula is C14H14O5. The molecule has 0 aliphatic heterocycles. The van der Waals surface area contributed by atoms with Crippen LogP contribution < -0.4 is 9.47 Å². The molecule has 0 fully saturated rings. The smallest absolute Gasteiger partial charge is 0.384 e. The van der Waals surface area contributed by atoms with Gasteiger partial charge >= 0.3 is 5.97 Å². The van der Waals surface area contributed by atoms with Crippen LogP contribution in [0.15, 0.2) is 12.1 Å². The average molecular weight is 262 g/mol. The lowest BCUT2D eigenvalue weighted by atomic mass is 10.1. The molecule has 0 aliphatic rings. The zero-order valence-corrected chi connectivity index (χ0v) is 11.0. The zero-order valence-electron chi connectivity index (χ0n) is 11.0. The van der Waals surface area contributed by atoms with Gasteiger partial charge in [0.2, 0.25) is 0 Å². The van der Waals surface area contributed by atoms with Crippen molar-refractivity contribution in [3.8, 4) is 23.3 Å². The number of hydrogen-bond donors (Lipinski definition) is 0. The summed E-state index contributed by atoms with van der Waals surface area (Å²) in [6, 6.07) is 3.04. The van der Waals surface area contributed by atoms with Crippen LogP contribution in [0.1, 0.15) is 22.8 Å². The van der Waals surface area contributed by atoms with Gasteiger partial charge in [-0.05, 0) is 19.1 Å². The van der Waals surface area contributed by atoms with E-state index in [1.54, 1.807) is 6.92 Å². The van der Waals surface area contributed by atoms with Crippen molar-refractivity contribution in [1.29, 1.82) is 0 Å². The van der Waals surface area contributed by atoms with Crippen LogP contribution in [0.4, 0.5) is 0 Å². The summed E-state index contributed by atoms with van der Waals surface area (Å²) in [4.78, 5) is 22.0. The Balaban J connectivity index is 3.24. The van der Waals surface area contributed by atoms with Crippen molar-refractivity contribution in [2.45, 2.75) is 6.92 Å². The molecule has 100 valence electrons. The lowest BCUT2D eigenvalue weighted by Crippen LogP contribution is -2.00. The summed E-state index contributed by atoms with van der Waals surface area (Å²) in [5.41, 5.74) is 0.766. The average Bonchev–Trinajstić information content (AvgIpc) is 2.44. The summed E-state index contributed by atoms with van der Waals surface area (Å²) in [6.45, 7) is 1.94. The SMILES string of the molecule is CCOC(=O)C#Cc1cc(C=O)cc(OC)c1OC. The zero-order chi connectivity index (χ0) is 14.3. The molecule has 0 saturated heterocycles. The molecule has 19 heavy (non-hydrogen) atoms. The van der Waals surface area contributed by atoms with E-state index in [-0.39, 0.29) is 6.61 Å². The maximum absolute atomic E-state index is 11.2. The molecule has 0 saturated carbocycles. The largest absolute Gasteiger partial charge is 0.493 e. The minimum atomic E-state index is -0.639. The number of esters is 1. The molecule has 0 atom stereocenters. The summed E-state index contributed by atoms with van der Waals surface area (Å²) in [5.74, 6) is 5.03. The molecule has 1 aromatic rings. The van der Waals surface area contributed by atoms with Crippen molar-refractivity contribution in [3.05, 3.63) is 23.3 Å². The lowest BCUT2D eigenvalue weighted by Gasteiger charge is -2.10. The fourth-order valence-electron chi connectivity index (χ4n) is 1.43. The highest BCUT2D eigenvalue weighted by Crippen LogP contribution is 2.31. The first-order valence-electron chi connectivity index (χ1n) is 5.56. The Labute approximate surface area is 111 Å². The lowest BCUT2D eigenvalue weighted by molar-refractivity contribution is -0.136.